The number of carbonyl (C=O) groups excluding carboxylic acids is 1. The smallest absolute Gasteiger partial charge is 0.251 e. The lowest BCUT2D eigenvalue weighted by molar-refractivity contribution is -0.140. The number of rotatable bonds is 1. The second kappa shape index (κ2) is 6.82. The fraction of sp³-hybridized carbons (Fsp3) is 0.909. The molecule has 3 nitrogen and oxygen atoms in total. The summed E-state index contributed by atoms with van der Waals surface area (Å²) in [7, 11) is 0. The molecule has 1 heterocycles. The SMILES string of the molecule is CC.CC1CCN(C(=O)C(C)O)CC1. The third-order valence-electron chi connectivity index (χ3n) is 2.45. The Morgan fingerprint density at radius 2 is 1.79 bits per heavy atom. The fourth-order valence-electron chi connectivity index (χ4n) is 1.49. The van der Waals surface area contributed by atoms with Crippen LogP contribution in [0.25, 0.3) is 0 Å². The van der Waals surface area contributed by atoms with Crippen molar-refractivity contribution in [3.63, 3.8) is 0 Å². The predicted molar refractivity (Wildman–Crippen MR) is 58.0 cm³/mol. The molecule has 1 amide bonds. The van der Waals surface area contributed by atoms with Crippen LogP contribution in [0.3, 0.4) is 0 Å². The number of nitrogens with zero attached hydrogens (tertiary/aromatic N) is 1. The van der Waals surface area contributed by atoms with Crippen molar-refractivity contribution < 1.29 is 9.90 Å². The molecule has 0 aromatic carbocycles. The van der Waals surface area contributed by atoms with Crippen molar-refractivity contribution in [3.05, 3.63) is 0 Å². The van der Waals surface area contributed by atoms with E-state index >= 15 is 0 Å². The molecule has 0 saturated carbocycles. The topological polar surface area (TPSA) is 40.5 Å². The molecule has 3 heteroatoms. The Morgan fingerprint density at radius 1 is 1.36 bits per heavy atom. The third kappa shape index (κ3) is 4.09. The van der Waals surface area contributed by atoms with E-state index in [4.69, 9.17) is 5.11 Å². The second-order valence-electron chi connectivity index (χ2n) is 3.68. The van der Waals surface area contributed by atoms with Gasteiger partial charge in [0.15, 0.2) is 0 Å². The van der Waals surface area contributed by atoms with Gasteiger partial charge in [-0.1, -0.05) is 20.8 Å². The van der Waals surface area contributed by atoms with Gasteiger partial charge in [0.1, 0.15) is 6.10 Å². The summed E-state index contributed by atoms with van der Waals surface area (Å²) in [6.45, 7) is 9.35. The van der Waals surface area contributed by atoms with Crippen LogP contribution in [0.2, 0.25) is 0 Å². The first kappa shape index (κ1) is 13.4. The van der Waals surface area contributed by atoms with E-state index < -0.39 is 6.10 Å². The zero-order valence-electron chi connectivity index (χ0n) is 9.79. The first-order valence-corrected chi connectivity index (χ1v) is 5.58. The molecule has 0 bridgehead atoms. The fourth-order valence-corrected chi connectivity index (χ4v) is 1.49. The average molecular weight is 201 g/mol. The summed E-state index contributed by atoms with van der Waals surface area (Å²) in [5, 5.41) is 9.05. The molecule has 1 atom stereocenters. The number of aliphatic hydroxyl groups is 1. The summed E-state index contributed by atoms with van der Waals surface area (Å²) in [6, 6.07) is 0. The Balaban J connectivity index is 0.000000791. The van der Waals surface area contributed by atoms with Crippen molar-refractivity contribution >= 4 is 5.91 Å². The molecule has 1 N–H and O–H groups in total. The first-order valence-electron chi connectivity index (χ1n) is 5.58. The Bertz CT molecular complexity index is 161. The molecular formula is C11H23NO2. The van der Waals surface area contributed by atoms with Gasteiger partial charge in [-0.25, -0.2) is 0 Å². The zero-order valence-corrected chi connectivity index (χ0v) is 9.79. The van der Waals surface area contributed by atoms with E-state index in [1.165, 1.54) is 6.92 Å². The summed E-state index contributed by atoms with van der Waals surface area (Å²) < 4.78 is 0. The van der Waals surface area contributed by atoms with E-state index in [1.807, 2.05) is 13.8 Å². The second-order valence-corrected chi connectivity index (χ2v) is 3.68. The van der Waals surface area contributed by atoms with Gasteiger partial charge >= 0.3 is 0 Å². The van der Waals surface area contributed by atoms with Gasteiger partial charge in [-0.3, -0.25) is 4.79 Å². The minimum Gasteiger partial charge on any atom is -0.384 e. The Kier molecular flexibility index (Phi) is 6.54. The van der Waals surface area contributed by atoms with Crippen LogP contribution in [0, 0.1) is 5.92 Å². The maximum Gasteiger partial charge on any atom is 0.251 e. The van der Waals surface area contributed by atoms with E-state index in [9.17, 15) is 4.79 Å². The van der Waals surface area contributed by atoms with Crippen LogP contribution in [0.5, 0.6) is 0 Å². The van der Waals surface area contributed by atoms with E-state index in [0.717, 1.165) is 31.8 Å². The number of hydrogen-bond donors (Lipinski definition) is 1. The van der Waals surface area contributed by atoms with Gasteiger partial charge in [-0.15, -0.1) is 0 Å². The van der Waals surface area contributed by atoms with E-state index in [2.05, 4.69) is 6.92 Å². The van der Waals surface area contributed by atoms with Crippen molar-refractivity contribution in [2.75, 3.05) is 13.1 Å². The largest absolute Gasteiger partial charge is 0.384 e. The molecule has 1 fully saturated rings. The highest BCUT2D eigenvalue weighted by atomic mass is 16.3. The van der Waals surface area contributed by atoms with E-state index in [-0.39, 0.29) is 5.91 Å². The van der Waals surface area contributed by atoms with Crippen LogP contribution in [0.4, 0.5) is 0 Å². The molecule has 0 radical (unpaired) electrons. The Hall–Kier alpha value is -0.570. The van der Waals surface area contributed by atoms with E-state index in [1.54, 1.807) is 4.90 Å². The third-order valence-corrected chi connectivity index (χ3v) is 2.45. The van der Waals surface area contributed by atoms with Gasteiger partial charge in [0.05, 0.1) is 0 Å². The molecule has 84 valence electrons. The van der Waals surface area contributed by atoms with Gasteiger partial charge in [0, 0.05) is 13.1 Å². The van der Waals surface area contributed by atoms with E-state index in [0.29, 0.717) is 0 Å². The van der Waals surface area contributed by atoms with Crippen LogP contribution in [-0.4, -0.2) is 35.1 Å². The van der Waals surface area contributed by atoms with Crippen LogP contribution in [-0.2, 0) is 4.79 Å². The number of carbonyl (C=O) groups is 1. The molecule has 14 heavy (non-hydrogen) atoms. The predicted octanol–water partition coefficient (Wildman–Crippen LogP) is 1.65. The molecule has 0 aromatic rings. The van der Waals surface area contributed by atoms with Crippen molar-refractivity contribution in [1.29, 1.82) is 0 Å². The lowest BCUT2D eigenvalue weighted by atomic mass is 9.99. The van der Waals surface area contributed by atoms with Crippen LogP contribution in [0.1, 0.15) is 40.5 Å². The summed E-state index contributed by atoms with van der Waals surface area (Å²) in [5.41, 5.74) is 0. The molecule has 0 spiro atoms. The number of aliphatic hydroxyl groups excluding tert-OH is 1. The van der Waals surface area contributed by atoms with Gasteiger partial charge in [-0.05, 0) is 25.7 Å². The molecular weight excluding hydrogens is 178 g/mol. The van der Waals surface area contributed by atoms with Crippen molar-refractivity contribution in [3.8, 4) is 0 Å². The van der Waals surface area contributed by atoms with Gasteiger partial charge in [0.2, 0.25) is 0 Å². The molecule has 1 unspecified atom stereocenters. The minimum absolute atomic E-state index is 0.123. The van der Waals surface area contributed by atoms with Gasteiger partial charge in [-0.2, -0.15) is 0 Å². The quantitative estimate of drug-likeness (QED) is 0.701. The highest BCUT2D eigenvalue weighted by Crippen LogP contribution is 2.16. The highest BCUT2D eigenvalue weighted by molar-refractivity contribution is 5.80. The normalized spacial score (nSPS) is 19.6. The molecule has 0 aromatic heterocycles. The van der Waals surface area contributed by atoms with Crippen molar-refractivity contribution in [1.82, 2.24) is 4.90 Å². The van der Waals surface area contributed by atoms with Gasteiger partial charge < -0.3 is 10.0 Å². The summed E-state index contributed by atoms with van der Waals surface area (Å²) in [5.74, 6) is 0.602. The van der Waals surface area contributed by atoms with Crippen molar-refractivity contribution in [2.45, 2.75) is 46.6 Å². The molecule has 1 rings (SSSR count). The van der Waals surface area contributed by atoms with Crippen molar-refractivity contribution in [2.24, 2.45) is 5.92 Å². The van der Waals surface area contributed by atoms with Crippen LogP contribution in [0.15, 0.2) is 0 Å². The number of amides is 1. The standard InChI is InChI=1S/C9H17NO2.C2H6/c1-7-3-5-10(6-4-7)9(12)8(2)11;1-2/h7-8,11H,3-6H2,1-2H3;1-2H3. The Labute approximate surface area is 87.1 Å². The first-order chi connectivity index (χ1) is 6.61. The summed E-state index contributed by atoms with van der Waals surface area (Å²) >= 11 is 0. The van der Waals surface area contributed by atoms with Crippen LogP contribution < -0.4 is 0 Å². The number of likely N-dealkylation sites (tertiary alicyclic amines) is 1. The molecule has 1 saturated heterocycles. The van der Waals surface area contributed by atoms with Crippen LogP contribution >= 0.6 is 0 Å². The lowest BCUT2D eigenvalue weighted by Crippen LogP contribution is -2.42. The Morgan fingerprint density at radius 3 is 2.14 bits per heavy atom. The monoisotopic (exact) mass is 201 g/mol. The molecule has 1 aliphatic heterocycles. The zero-order chi connectivity index (χ0) is 11.1. The maximum absolute atomic E-state index is 11.3. The number of piperidine rings is 1. The lowest BCUT2D eigenvalue weighted by Gasteiger charge is -2.31. The number of hydrogen-bond acceptors (Lipinski definition) is 2. The van der Waals surface area contributed by atoms with Gasteiger partial charge in [0.25, 0.3) is 5.91 Å². The highest BCUT2D eigenvalue weighted by Gasteiger charge is 2.22. The molecule has 0 aliphatic carbocycles. The summed E-state index contributed by atoms with van der Waals surface area (Å²) in [4.78, 5) is 13.0. The summed E-state index contributed by atoms with van der Waals surface area (Å²) in [6.07, 6.45) is 1.30. The average Bonchev–Trinajstić information content (AvgIpc) is 2.21. The minimum atomic E-state index is -0.835. The maximum atomic E-state index is 11.3. The molecule has 1 aliphatic rings.